The van der Waals surface area contributed by atoms with Gasteiger partial charge in [0.1, 0.15) is 0 Å². The Morgan fingerprint density at radius 1 is 1.20 bits per heavy atom. The zero-order chi connectivity index (χ0) is 14.2. The van der Waals surface area contributed by atoms with Crippen molar-refractivity contribution in [3.05, 3.63) is 42.7 Å². The van der Waals surface area contributed by atoms with Crippen LogP contribution in [0.1, 0.15) is 6.42 Å². The van der Waals surface area contributed by atoms with Crippen LogP contribution in [0.4, 0.5) is 5.69 Å². The number of nitrogen functional groups attached to an aromatic ring is 1. The van der Waals surface area contributed by atoms with Gasteiger partial charge in [-0.05, 0) is 36.1 Å². The Balaban J connectivity index is 1.94. The first-order chi connectivity index (χ1) is 9.59. The molecule has 1 aromatic carbocycles. The van der Waals surface area contributed by atoms with E-state index in [4.69, 9.17) is 5.73 Å². The fourth-order valence-corrected chi connectivity index (χ4v) is 3.96. The fraction of sp³-hybridized carbons (Fsp3) is 0.200. The van der Waals surface area contributed by atoms with Crippen molar-refractivity contribution in [2.45, 2.75) is 11.3 Å². The van der Waals surface area contributed by atoms with Gasteiger partial charge in [-0.3, -0.25) is 4.98 Å². The van der Waals surface area contributed by atoms with Gasteiger partial charge in [0, 0.05) is 29.7 Å². The van der Waals surface area contributed by atoms with Gasteiger partial charge in [-0.15, -0.1) is 0 Å². The van der Waals surface area contributed by atoms with Crippen molar-refractivity contribution in [1.82, 2.24) is 9.29 Å². The summed E-state index contributed by atoms with van der Waals surface area (Å²) < 4.78 is 14.6. The number of nitrogens with zero attached hydrogens (tertiary/aromatic N) is 2. The molecule has 0 amide bonds. The zero-order valence-electron chi connectivity index (χ0n) is 11.2. The van der Waals surface area contributed by atoms with E-state index >= 15 is 0 Å². The minimum atomic E-state index is -2.32. The molecule has 2 heterocycles. The fourth-order valence-electron chi connectivity index (χ4n) is 2.25. The van der Waals surface area contributed by atoms with E-state index < -0.39 is 9.71 Å². The molecule has 0 saturated carbocycles. The van der Waals surface area contributed by atoms with Crippen molar-refractivity contribution in [2.24, 2.45) is 0 Å². The molecular formula is C15H17N3OS. The molecule has 20 heavy (non-hydrogen) atoms. The molecular weight excluding hydrogens is 270 g/mol. The summed E-state index contributed by atoms with van der Waals surface area (Å²) >= 11 is 0. The first-order valence-electron chi connectivity index (χ1n) is 6.51. The summed E-state index contributed by atoms with van der Waals surface area (Å²) in [7, 11) is -2.32. The van der Waals surface area contributed by atoms with Crippen LogP contribution in [0.15, 0.2) is 47.6 Å². The predicted octanol–water partition coefficient (Wildman–Crippen LogP) is 2.03. The van der Waals surface area contributed by atoms with Crippen molar-refractivity contribution in [2.75, 3.05) is 18.8 Å². The summed E-state index contributed by atoms with van der Waals surface area (Å²) in [5.41, 5.74) is 8.48. The highest BCUT2D eigenvalue weighted by Crippen LogP contribution is 2.27. The van der Waals surface area contributed by atoms with Gasteiger partial charge in [-0.1, -0.05) is 12.1 Å². The van der Waals surface area contributed by atoms with Gasteiger partial charge in [-0.2, -0.15) is 0 Å². The van der Waals surface area contributed by atoms with E-state index in [1.165, 1.54) is 0 Å². The van der Waals surface area contributed by atoms with Crippen molar-refractivity contribution in [1.29, 1.82) is 0 Å². The minimum absolute atomic E-state index is 0.637. The van der Waals surface area contributed by atoms with Crippen molar-refractivity contribution < 1.29 is 4.21 Å². The van der Waals surface area contributed by atoms with Crippen LogP contribution in [-0.4, -0.2) is 32.5 Å². The van der Waals surface area contributed by atoms with E-state index in [0.717, 1.165) is 35.5 Å². The van der Waals surface area contributed by atoms with Crippen LogP contribution in [0.5, 0.6) is 0 Å². The molecule has 0 bridgehead atoms. The first-order valence-corrected chi connectivity index (χ1v) is 8.20. The number of hydrogen-bond donors (Lipinski definition) is 1. The maximum atomic E-state index is 12.7. The van der Waals surface area contributed by atoms with Crippen LogP contribution in [0.25, 0.3) is 11.1 Å². The van der Waals surface area contributed by atoms with Crippen LogP contribution in [0.2, 0.25) is 0 Å². The van der Waals surface area contributed by atoms with E-state index in [1.807, 2.05) is 34.6 Å². The number of pyridine rings is 1. The van der Waals surface area contributed by atoms with Crippen molar-refractivity contribution >= 4 is 21.3 Å². The summed E-state index contributed by atoms with van der Waals surface area (Å²) in [6.45, 7) is 1.72. The third kappa shape index (κ3) is 2.19. The van der Waals surface area contributed by atoms with E-state index in [0.29, 0.717) is 5.69 Å². The molecule has 5 heteroatoms. The number of anilines is 1. The lowest BCUT2D eigenvalue weighted by Gasteiger charge is -2.33. The molecule has 104 valence electrons. The second kappa shape index (κ2) is 4.92. The highest BCUT2D eigenvalue weighted by atomic mass is 32.2. The lowest BCUT2D eigenvalue weighted by molar-refractivity contribution is 0.326. The molecule has 3 rings (SSSR count). The monoisotopic (exact) mass is 287 g/mol. The van der Waals surface area contributed by atoms with Gasteiger partial charge >= 0.3 is 0 Å². The molecule has 1 unspecified atom stereocenters. The largest absolute Gasteiger partial charge is 0.397 e. The number of nitrogens with two attached hydrogens (primary N) is 1. The Labute approximate surface area is 119 Å². The Kier molecular flexibility index (Phi) is 3.23. The second-order valence-electron chi connectivity index (χ2n) is 4.91. The first kappa shape index (κ1) is 13.1. The van der Waals surface area contributed by atoms with E-state index in [2.05, 4.69) is 10.9 Å². The second-order valence-corrected chi connectivity index (χ2v) is 7.18. The molecule has 1 aliphatic rings. The van der Waals surface area contributed by atoms with Crippen LogP contribution in [0, 0.1) is 0 Å². The summed E-state index contributed by atoms with van der Waals surface area (Å²) in [4.78, 5) is 4.75. The normalized spacial score (nSPS) is 18.2. The van der Waals surface area contributed by atoms with Crippen molar-refractivity contribution in [3.63, 3.8) is 0 Å². The minimum Gasteiger partial charge on any atom is -0.397 e. The lowest BCUT2D eigenvalue weighted by Crippen LogP contribution is -2.41. The molecule has 0 radical (unpaired) electrons. The SMILES string of the molecule is C=S(=O)(c1ccc(-c2ccncc2N)cc1)N1CCC1. The average molecular weight is 287 g/mol. The van der Waals surface area contributed by atoms with Gasteiger partial charge < -0.3 is 5.73 Å². The molecule has 0 aliphatic carbocycles. The molecule has 4 nitrogen and oxygen atoms in total. The van der Waals surface area contributed by atoms with Crippen LogP contribution in [-0.2, 0) is 9.71 Å². The smallest absolute Gasteiger partial charge is 0.0580 e. The quantitative estimate of drug-likeness (QED) is 0.879. The van der Waals surface area contributed by atoms with Crippen LogP contribution >= 0.6 is 0 Å². The highest BCUT2D eigenvalue weighted by Gasteiger charge is 2.24. The third-order valence-electron chi connectivity index (χ3n) is 3.62. The van der Waals surface area contributed by atoms with E-state index in [-0.39, 0.29) is 0 Å². The Morgan fingerprint density at radius 2 is 1.90 bits per heavy atom. The highest BCUT2D eigenvalue weighted by molar-refractivity contribution is 7.98. The van der Waals surface area contributed by atoms with Crippen LogP contribution in [0.3, 0.4) is 0 Å². The molecule has 0 spiro atoms. The Bertz CT molecular complexity index is 719. The molecule has 1 fully saturated rings. The number of rotatable bonds is 3. The standard InChI is InChI=1S/C15H17N3OS/c1-20(19,18-9-2-10-18)13-5-3-12(4-6-13)14-7-8-17-11-15(14)16/h3-8,11H,1-2,9-10,16H2. The third-order valence-corrected chi connectivity index (χ3v) is 5.83. The molecule has 1 aromatic heterocycles. The van der Waals surface area contributed by atoms with Gasteiger partial charge in [0.05, 0.1) is 21.6 Å². The molecule has 2 aromatic rings. The number of hydrogen-bond acceptors (Lipinski definition) is 3. The molecule has 1 aliphatic heterocycles. The molecule has 1 saturated heterocycles. The molecule has 1 atom stereocenters. The van der Waals surface area contributed by atoms with E-state index in [1.54, 1.807) is 12.4 Å². The topological polar surface area (TPSA) is 59.2 Å². The Morgan fingerprint density at radius 3 is 2.45 bits per heavy atom. The molecule has 2 N–H and O–H groups in total. The van der Waals surface area contributed by atoms with Crippen LogP contribution < -0.4 is 5.73 Å². The average Bonchev–Trinajstić information content (AvgIpc) is 2.37. The number of aromatic nitrogens is 1. The summed E-state index contributed by atoms with van der Waals surface area (Å²) in [5, 5.41) is 0. The zero-order valence-corrected chi connectivity index (χ0v) is 12.0. The summed E-state index contributed by atoms with van der Waals surface area (Å²) in [5.74, 6) is 3.90. The van der Waals surface area contributed by atoms with Crippen molar-refractivity contribution in [3.8, 4) is 11.1 Å². The summed E-state index contributed by atoms with van der Waals surface area (Å²) in [6.07, 6.45) is 4.44. The maximum Gasteiger partial charge on any atom is 0.0580 e. The predicted molar refractivity (Wildman–Crippen MR) is 83.8 cm³/mol. The number of benzene rings is 1. The maximum absolute atomic E-state index is 12.7. The van der Waals surface area contributed by atoms with Gasteiger partial charge in [0.2, 0.25) is 0 Å². The summed E-state index contributed by atoms with van der Waals surface area (Å²) in [6, 6.07) is 9.50. The van der Waals surface area contributed by atoms with Gasteiger partial charge in [-0.25, -0.2) is 8.51 Å². The van der Waals surface area contributed by atoms with E-state index in [9.17, 15) is 4.21 Å². The van der Waals surface area contributed by atoms with Gasteiger partial charge in [0.25, 0.3) is 0 Å². The Hall–Kier alpha value is -1.85. The van der Waals surface area contributed by atoms with Gasteiger partial charge in [0.15, 0.2) is 0 Å². The lowest BCUT2D eigenvalue weighted by atomic mass is 10.1.